The SMILES string of the molecule is CCCCCCCCC(CCC)C(C(=O)[O-])[N+](C)(C)C. The van der Waals surface area contributed by atoms with E-state index in [1.54, 1.807) is 0 Å². The fourth-order valence-corrected chi connectivity index (χ4v) is 3.16. The van der Waals surface area contributed by atoms with E-state index in [0.717, 1.165) is 25.7 Å². The van der Waals surface area contributed by atoms with Crippen LogP contribution >= 0.6 is 0 Å². The van der Waals surface area contributed by atoms with Crippen LogP contribution in [0.2, 0.25) is 0 Å². The summed E-state index contributed by atoms with van der Waals surface area (Å²) in [5.41, 5.74) is 0. The van der Waals surface area contributed by atoms with Gasteiger partial charge in [0.1, 0.15) is 6.04 Å². The fraction of sp³-hybridized carbons (Fsp3) is 0.941. The van der Waals surface area contributed by atoms with Crippen LogP contribution in [0.15, 0.2) is 0 Å². The van der Waals surface area contributed by atoms with Crippen LogP contribution in [0.3, 0.4) is 0 Å². The maximum atomic E-state index is 11.5. The second-order valence-corrected chi connectivity index (χ2v) is 6.99. The molecule has 0 rings (SSSR count). The topological polar surface area (TPSA) is 40.1 Å². The number of hydrogen-bond acceptors (Lipinski definition) is 2. The summed E-state index contributed by atoms with van der Waals surface area (Å²) in [7, 11) is 5.89. The molecule has 0 heterocycles. The molecule has 0 aliphatic heterocycles. The smallest absolute Gasteiger partial charge is 0.131 e. The van der Waals surface area contributed by atoms with E-state index in [2.05, 4.69) is 13.8 Å². The summed E-state index contributed by atoms with van der Waals surface area (Å²) >= 11 is 0. The van der Waals surface area contributed by atoms with Crippen LogP contribution in [0, 0.1) is 5.92 Å². The molecule has 0 aromatic heterocycles. The standard InChI is InChI=1S/C17H35NO2/c1-6-8-9-10-11-12-14-15(13-7-2)16(17(19)20)18(3,4)5/h15-16H,6-14H2,1-5H3. The first-order valence-electron chi connectivity index (χ1n) is 8.36. The van der Waals surface area contributed by atoms with Crippen molar-refractivity contribution in [2.45, 2.75) is 77.7 Å². The lowest BCUT2D eigenvalue weighted by molar-refractivity contribution is -0.893. The molecule has 0 bridgehead atoms. The number of carbonyl (C=O) groups is 1. The van der Waals surface area contributed by atoms with Gasteiger partial charge in [-0.25, -0.2) is 0 Å². The van der Waals surface area contributed by atoms with Crippen LogP contribution in [0.25, 0.3) is 0 Å². The minimum atomic E-state index is -0.887. The lowest BCUT2D eigenvalue weighted by Crippen LogP contribution is -2.58. The average molecular weight is 285 g/mol. The van der Waals surface area contributed by atoms with Gasteiger partial charge in [-0.05, 0) is 12.8 Å². The summed E-state index contributed by atoms with van der Waals surface area (Å²) in [6, 6.07) is -0.384. The summed E-state index contributed by atoms with van der Waals surface area (Å²) in [6.45, 7) is 4.36. The van der Waals surface area contributed by atoms with Gasteiger partial charge in [0.15, 0.2) is 0 Å². The predicted octanol–water partition coefficient (Wildman–Crippen LogP) is 2.98. The first-order valence-corrected chi connectivity index (χ1v) is 8.36. The van der Waals surface area contributed by atoms with Crippen molar-refractivity contribution in [2.24, 2.45) is 5.92 Å². The summed E-state index contributed by atoms with van der Waals surface area (Å²) in [6.07, 6.45) is 10.6. The number of quaternary nitrogens is 1. The van der Waals surface area contributed by atoms with Gasteiger partial charge in [0, 0.05) is 5.92 Å². The molecular formula is C17H35NO2. The van der Waals surface area contributed by atoms with Gasteiger partial charge < -0.3 is 14.4 Å². The highest BCUT2D eigenvalue weighted by Crippen LogP contribution is 2.25. The number of carboxylic acid groups (broad SMARTS) is 1. The van der Waals surface area contributed by atoms with Crippen molar-refractivity contribution in [2.75, 3.05) is 21.1 Å². The normalized spacial score (nSPS) is 15.1. The molecule has 0 N–H and O–H groups in total. The summed E-state index contributed by atoms with van der Waals surface area (Å²) in [5, 5.41) is 11.5. The maximum absolute atomic E-state index is 11.5. The number of hydrogen-bond donors (Lipinski definition) is 0. The molecule has 0 saturated heterocycles. The van der Waals surface area contributed by atoms with Crippen LogP contribution in [0.1, 0.15) is 71.6 Å². The summed E-state index contributed by atoms with van der Waals surface area (Å²) in [5.74, 6) is -0.641. The Balaban J connectivity index is 4.35. The quantitative estimate of drug-likeness (QED) is 0.408. The third kappa shape index (κ3) is 7.88. The Bertz CT molecular complexity index is 258. The maximum Gasteiger partial charge on any atom is 0.131 e. The largest absolute Gasteiger partial charge is 0.544 e. The molecule has 0 radical (unpaired) electrons. The van der Waals surface area contributed by atoms with E-state index in [4.69, 9.17) is 0 Å². The van der Waals surface area contributed by atoms with E-state index < -0.39 is 5.97 Å². The molecule has 3 nitrogen and oxygen atoms in total. The Morgan fingerprint density at radius 3 is 1.90 bits per heavy atom. The average Bonchev–Trinajstić information content (AvgIpc) is 2.31. The van der Waals surface area contributed by atoms with E-state index in [1.807, 2.05) is 21.1 Å². The number of nitrogens with zero attached hydrogens (tertiary/aromatic N) is 1. The first-order chi connectivity index (χ1) is 9.34. The highest BCUT2D eigenvalue weighted by atomic mass is 16.4. The molecule has 0 aromatic rings. The first kappa shape index (κ1) is 19.4. The molecule has 2 atom stereocenters. The Morgan fingerprint density at radius 2 is 1.45 bits per heavy atom. The Kier molecular flexibility index (Phi) is 9.91. The summed E-state index contributed by atoms with van der Waals surface area (Å²) < 4.78 is 0.461. The monoisotopic (exact) mass is 285 g/mol. The van der Waals surface area contributed by atoms with Gasteiger partial charge in [-0.3, -0.25) is 0 Å². The molecule has 0 amide bonds. The lowest BCUT2D eigenvalue weighted by Gasteiger charge is -2.39. The Labute approximate surface area is 126 Å². The molecule has 2 unspecified atom stereocenters. The second-order valence-electron chi connectivity index (χ2n) is 6.99. The number of rotatable bonds is 12. The van der Waals surface area contributed by atoms with E-state index in [-0.39, 0.29) is 12.0 Å². The zero-order chi connectivity index (χ0) is 15.6. The van der Waals surface area contributed by atoms with Crippen molar-refractivity contribution in [1.29, 1.82) is 0 Å². The van der Waals surface area contributed by atoms with Gasteiger partial charge >= 0.3 is 0 Å². The lowest BCUT2D eigenvalue weighted by atomic mass is 9.87. The molecule has 3 heteroatoms. The van der Waals surface area contributed by atoms with Gasteiger partial charge in [0.2, 0.25) is 0 Å². The number of carbonyl (C=O) groups excluding carboxylic acids is 1. The summed E-state index contributed by atoms with van der Waals surface area (Å²) in [4.78, 5) is 11.5. The van der Waals surface area contributed by atoms with Gasteiger partial charge in [-0.15, -0.1) is 0 Å². The van der Waals surface area contributed by atoms with Crippen LogP contribution < -0.4 is 5.11 Å². The van der Waals surface area contributed by atoms with Crippen LogP contribution in [0.5, 0.6) is 0 Å². The minimum Gasteiger partial charge on any atom is -0.544 e. The van der Waals surface area contributed by atoms with Crippen LogP contribution in [-0.4, -0.2) is 37.6 Å². The molecule has 0 fully saturated rings. The van der Waals surface area contributed by atoms with Crippen LogP contribution in [-0.2, 0) is 4.79 Å². The van der Waals surface area contributed by atoms with Crippen molar-refractivity contribution >= 4 is 5.97 Å². The van der Waals surface area contributed by atoms with Crippen molar-refractivity contribution < 1.29 is 14.4 Å². The van der Waals surface area contributed by atoms with Gasteiger partial charge in [0.25, 0.3) is 0 Å². The van der Waals surface area contributed by atoms with Crippen molar-refractivity contribution in [3.63, 3.8) is 0 Å². The van der Waals surface area contributed by atoms with E-state index in [0.29, 0.717) is 4.48 Å². The fourth-order valence-electron chi connectivity index (χ4n) is 3.16. The zero-order valence-electron chi connectivity index (χ0n) is 14.3. The predicted molar refractivity (Wildman–Crippen MR) is 83.2 cm³/mol. The Hall–Kier alpha value is -0.570. The van der Waals surface area contributed by atoms with Crippen molar-refractivity contribution in [3.05, 3.63) is 0 Å². The molecule has 0 spiro atoms. The molecule has 120 valence electrons. The number of aliphatic carboxylic acids is 1. The highest BCUT2D eigenvalue weighted by Gasteiger charge is 2.32. The molecule has 20 heavy (non-hydrogen) atoms. The van der Waals surface area contributed by atoms with E-state index >= 15 is 0 Å². The van der Waals surface area contributed by atoms with Crippen LogP contribution in [0.4, 0.5) is 0 Å². The van der Waals surface area contributed by atoms with Gasteiger partial charge in [-0.1, -0.05) is 58.8 Å². The molecule has 0 aliphatic carbocycles. The number of unbranched alkanes of at least 4 members (excludes halogenated alkanes) is 5. The third-order valence-electron chi connectivity index (χ3n) is 4.11. The molecular weight excluding hydrogens is 250 g/mol. The van der Waals surface area contributed by atoms with Crippen molar-refractivity contribution in [3.8, 4) is 0 Å². The van der Waals surface area contributed by atoms with Gasteiger partial charge in [-0.2, -0.15) is 0 Å². The Morgan fingerprint density at radius 1 is 0.900 bits per heavy atom. The minimum absolute atomic E-state index is 0.246. The molecule has 0 aliphatic rings. The number of carboxylic acids is 1. The van der Waals surface area contributed by atoms with E-state index in [1.165, 1.54) is 32.1 Å². The molecule has 0 aromatic carbocycles. The highest BCUT2D eigenvalue weighted by molar-refractivity contribution is 5.70. The van der Waals surface area contributed by atoms with Gasteiger partial charge in [0.05, 0.1) is 27.1 Å². The second kappa shape index (κ2) is 10.2. The third-order valence-corrected chi connectivity index (χ3v) is 4.11. The zero-order valence-corrected chi connectivity index (χ0v) is 14.3. The number of likely N-dealkylation sites (N-methyl/N-ethyl adjacent to an activating group) is 1. The van der Waals surface area contributed by atoms with E-state index in [9.17, 15) is 9.90 Å². The molecule has 0 saturated carbocycles. The van der Waals surface area contributed by atoms with Crippen molar-refractivity contribution in [1.82, 2.24) is 0 Å².